The minimum atomic E-state index is -0.251. The Bertz CT molecular complexity index is 493. The standard InChI is InChI=1S/C12H12FN3O/c13-11-5-3-10(4-6-11)8-16-9-12(14-15-16)2-1-7-17/h3-7,9H,1-2,8H2. The predicted molar refractivity (Wildman–Crippen MR) is 59.9 cm³/mol. The average molecular weight is 233 g/mol. The third-order valence-corrected chi connectivity index (χ3v) is 2.36. The molecule has 0 spiro atoms. The fourth-order valence-electron chi connectivity index (χ4n) is 1.51. The Hall–Kier alpha value is -2.04. The van der Waals surface area contributed by atoms with Gasteiger partial charge in [-0.3, -0.25) is 0 Å². The molecular weight excluding hydrogens is 221 g/mol. The van der Waals surface area contributed by atoms with Crippen molar-refractivity contribution in [1.29, 1.82) is 0 Å². The molecule has 0 aliphatic rings. The fourth-order valence-corrected chi connectivity index (χ4v) is 1.51. The van der Waals surface area contributed by atoms with E-state index in [-0.39, 0.29) is 5.82 Å². The first-order valence-corrected chi connectivity index (χ1v) is 5.35. The first kappa shape index (κ1) is 11.4. The van der Waals surface area contributed by atoms with E-state index < -0.39 is 0 Å². The van der Waals surface area contributed by atoms with Crippen LogP contribution in [0.3, 0.4) is 0 Å². The van der Waals surface area contributed by atoms with Gasteiger partial charge in [-0.2, -0.15) is 0 Å². The first-order chi connectivity index (χ1) is 8.28. The summed E-state index contributed by atoms with van der Waals surface area (Å²) >= 11 is 0. The summed E-state index contributed by atoms with van der Waals surface area (Å²) < 4.78 is 14.4. The van der Waals surface area contributed by atoms with Crippen LogP contribution in [-0.4, -0.2) is 21.3 Å². The van der Waals surface area contributed by atoms with E-state index in [0.29, 0.717) is 19.4 Å². The molecule has 4 nitrogen and oxygen atoms in total. The number of carbonyl (C=O) groups is 1. The van der Waals surface area contributed by atoms with E-state index in [1.807, 2.05) is 0 Å². The number of halogens is 1. The predicted octanol–water partition coefficient (Wildman–Crippen LogP) is 1.60. The van der Waals surface area contributed by atoms with E-state index in [0.717, 1.165) is 17.5 Å². The van der Waals surface area contributed by atoms with Gasteiger partial charge in [0, 0.05) is 12.6 Å². The molecule has 1 aromatic heterocycles. The zero-order valence-corrected chi connectivity index (χ0v) is 9.21. The monoisotopic (exact) mass is 233 g/mol. The van der Waals surface area contributed by atoms with Crippen molar-refractivity contribution in [3.63, 3.8) is 0 Å². The maximum atomic E-state index is 12.7. The van der Waals surface area contributed by atoms with Crippen molar-refractivity contribution in [2.24, 2.45) is 0 Å². The van der Waals surface area contributed by atoms with Crippen molar-refractivity contribution in [3.05, 3.63) is 47.5 Å². The van der Waals surface area contributed by atoms with Gasteiger partial charge in [0.05, 0.1) is 12.2 Å². The summed E-state index contributed by atoms with van der Waals surface area (Å²) in [5.74, 6) is -0.251. The smallest absolute Gasteiger partial charge is 0.123 e. The molecule has 0 aliphatic carbocycles. The molecular formula is C12H12FN3O. The average Bonchev–Trinajstić information content (AvgIpc) is 2.77. The molecule has 17 heavy (non-hydrogen) atoms. The van der Waals surface area contributed by atoms with Crippen LogP contribution in [0.4, 0.5) is 4.39 Å². The lowest BCUT2D eigenvalue weighted by atomic mass is 10.2. The summed E-state index contributed by atoms with van der Waals surface area (Å²) in [6.07, 6.45) is 3.72. The number of aromatic nitrogens is 3. The van der Waals surface area contributed by atoms with Gasteiger partial charge < -0.3 is 4.79 Å². The molecule has 0 bridgehead atoms. The molecule has 0 N–H and O–H groups in total. The summed E-state index contributed by atoms with van der Waals surface area (Å²) in [5, 5.41) is 7.89. The van der Waals surface area contributed by atoms with E-state index in [4.69, 9.17) is 0 Å². The SMILES string of the molecule is O=CCCc1cn(Cc2ccc(F)cc2)nn1. The van der Waals surface area contributed by atoms with Crippen molar-refractivity contribution in [2.45, 2.75) is 19.4 Å². The van der Waals surface area contributed by atoms with Gasteiger partial charge in [-0.25, -0.2) is 9.07 Å². The third kappa shape index (κ3) is 3.21. The van der Waals surface area contributed by atoms with Gasteiger partial charge >= 0.3 is 0 Å². The van der Waals surface area contributed by atoms with Crippen molar-refractivity contribution in [1.82, 2.24) is 15.0 Å². The topological polar surface area (TPSA) is 47.8 Å². The molecule has 0 atom stereocenters. The number of rotatable bonds is 5. The van der Waals surface area contributed by atoms with Crippen LogP contribution in [0.5, 0.6) is 0 Å². The summed E-state index contributed by atoms with van der Waals surface area (Å²) in [7, 11) is 0. The number of aldehydes is 1. The zero-order valence-electron chi connectivity index (χ0n) is 9.21. The van der Waals surface area contributed by atoms with Crippen LogP contribution in [0.15, 0.2) is 30.5 Å². The summed E-state index contributed by atoms with van der Waals surface area (Å²) in [5.41, 5.74) is 1.75. The first-order valence-electron chi connectivity index (χ1n) is 5.35. The Morgan fingerprint density at radius 3 is 2.76 bits per heavy atom. The van der Waals surface area contributed by atoms with E-state index in [1.54, 1.807) is 23.0 Å². The molecule has 0 unspecified atom stereocenters. The zero-order chi connectivity index (χ0) is 12.1. The van der Waals surface area contributed by atoms with Crippen LogP contribution in [0.2, 0.25) is 0 Å². The fraction of sp³-hybridized carbons (Fsp3) is 0.250. The lowest BCUT2D eigenvalue weighted by Gasteiger charge is -1.99. The van der Waals surface area contributed by atoms with Gasteiger partial charge in [-0.15, -0.1) is 5.10 Å². The molecule has 0 saturated carbocycles. The van der Waals surface area contributed by atoms with E-state index in [2.05, 4.69) is 10.3 Å². The molecule has 2 rings (SSSR count). The second-order valence-electron chi connectivity index (χ2n) is 3.74. The van der Waals surface area contributed by atoms with E-state index in [1.165, 1.54) is 12.1 Å². The third-order valence-electron chi connectivity index (χ3n) is 2.36. The molecule has 0 aliphatic heterocycles. The van der Waals surface area contributed by atoms with Gasteiger partial charge in [0.25, 0.3) is 0 Å². The molecule has 5 heteroatoms. The van der Waals surface area contributed by atoms with Crippen LogP contribution in [-0.2, 0) is 17.8 Å². The van der Waals surface area contributed by atoms with E-state index in [9.17, 15) is 9.18 Å². The highest BCUT2D eigenvalue weighted by Crippen LogP contribution is 2.05. The van der Waals surface area contributed by atoms with Gasteiger partial charge in [0.2, 0.25) is 0 Å². The second-order valence-corrected chi connectivity index (χ2v) is 3.74. The minimum Gasteiger partial charge on any atom is -0.303 e. The van der Waals surface area contributed by atoms with E-state index >= 15 is 0 Å². The highest BCUT2D eigenvalue weighted by molar-refractivity contribution is 5.49. The summed E-state index contributed by atoms with van der Waals surface area (Å²) in [6.45, 7) is 0.550. The number of hydrogen-bond donors (Lipinski definition) is 0. The minimum absolute atomic E-state index is 0.251. The highest BCUT2D eigenvalue weighted by atomic mass is 19.1. The van der Waals surface area contributed by atoms with Gasteiger partial charge in [0.15, 0.2) is 0 Å². The Kier molecular flexibility index (Phi) is 3.59. The van der Waals surface area contributed by atoms with Crippen molar-refractivity contribution >= 4 is 6.29 Å². The molecule has 88 valence electrons. The Balaban J connectivity index is 2.01. The summed E-state index contributed by atoms with van der Waals surface area (Å²) in [6, 6.07) is 6.25. The second kappa shape index (κ2) is 5.34. The maximum absolute atomic E-state index is 12.7. The summed E-state index contributed by atoms with van der Waals surface area (Å²) in [4.78, 5) is 10.2. The largest absolute Gasteiger partial charge is 0.303 e. The van der Waals surface area contributed by atoms with Crippen molar-refractivity contribution in [2.75, 3.05) is 0 Å². The van der Waals surface area contributed by atoms with Crippen LogP contribution in [0.1, 0.15) is 17.7 Å². The van der Waals surface area contributed by atoms with Gasteiger partial charge in [-0.1, -0.05) is 17.3 Å². The van der Waals surface area contributed by atoms with Crippen LogP contribution in [0.25, 0.3) is 0 Å². The Morgan fingerprint density at radius 2 is 2.06 bits per heavy atom. The molecule has 0 radical (unpaired) electrons. The molecule has 0 fully saturated rings. The Morgan fingerprint density at radius 1 is 1.29 bits per heavy atom. The lowest BCUT2D eigenvalue weighted by molar-refractivity contribution is -0.107. The quantitative estimate of drug-likeness (QED) is 0.737. The number of aryl methyl sites for hydroxylation is 1. The normalized spacial score (nSPS) is 10.4. The molecule has 1 aromatic carbocycles. The highest BCUT2D eigenvalue weighted by Gasteiger charge is 2.01. The van der Waals surface area contributed by atoms with Gasteiger partial charge in [0.1, 0.15) is 12.1 Å². The van der Waals surface area contributed by atoms with Gasteiger partial charge in [-0.05, 0) is 24.1 Å². The number of carbonyl (C=O) groups excluding carboxylic acids is 1. The number of benzene rings is 1. The number of hydrogen-bond acceptors (Lipinski definition) is 3. The molecule has 1 heterocycles. The van der Waals surface area contributed by atoms with Crippen molar-refractivity contribution < 1.29 is 9.18 Å². The number of nitrogens with zero attached hydrogens (tertiary/aromatic N) is 3. The van der Waals surface area contributed by atoms with Crippen LogP contribution < -0.4 is 0 Å². The maximum Gasteiger partial charge on any atom is 0.123 e. The molecule has 2 aromatic rings. The molecule has 0 amide bonds. The Labute approximate surface area is 98.1 Å². The van der Waals surface area contributed by atoms with Crippen LogP contribution in [0, 0.1) is 5.82 Å². The van der Waals surface area contributed by atoms with Crippen molar-refractivity contribution in [3.8, 4) is 0 Å². The molecule has 0 saturated heterocycles. The van der Waals surface area contributed by atoms with Crippen LogP contribution >= 0.6 is 0 Å². The lowest BCUT2D eigenvalue weighted by Crippen LogP contribution is -2.00.